The van der Waals surface area contributed by atoms with Crippen molar-refractivity contribution in [1.29, 1.82) is 0 Å². The summed E-state index contributed by atoms with van der Waals surface area (Å²) in [5.74, 6) is 1.26. The molecule has 2 aromatic carbocycles. The largest absolute Gasteiger partial charge is 0.491 e. The maximum Gasteiger partial charge on any atom is 0.260 e. The Hall–Kier alpha value is -2.20. The summed E-state index contributed by atoms with van der Waals surface area (Å²) in [5.41, 5.74) is 1.14. The van der Waals surface area contributed by atoms with Crippen LogP contribution in [-0.4, -0.2) is 25.2 Å². The number of hydrogen-bond acceptors (Lipinski definition) is 3. The minimum absolute atomic E-state index is 0.000769. The molecule has 0 aromatic heterocycles. The lowest BCUT2D eigenvalue weighted by molar-refractivity contribution is -0.127. The summed E-state index contributed by atoms with van der Waals surface area (Å²) in [7, 11) is 0. The van der Waals surface area contributed by atoms with Crippen LogP contribution in [0.4, 0.5) is 0 Å². The average molecular weight is 376 g/mol. The van der Waals surface area contributed by atoms with Crippen molar-refractivity contribution in [3.8, 4) is 11.5 Å². The van der Waals surface area contributed by atoms with Crippen LogP contribution >= 0.6 is 11.6 Å². The second-order valence-electron chi connectivity index (χ2n) is 7.10. The molecule has 0 heterocycles. The van der Waals surface area contributed by atoms with Crippen LogP contribution in [0.25, 0.3) is 0 Å². The molecule has 0 aliphatic rings. The number of amides is 1. The predicted molar refractivity (Wildman–Crippen MR) is 105 cm³/mol. The molecular weight excluding hydrogens is 350 g/mol. The molecule has 1 N–H and O–H groups in total. The Labute approximate surface area is 160 Å². The van der Waals surface area contributed by atoms with E-state index in [1.54, 1.807) is 31.2 Å². The zero-order valence-corrected chi connectivity index (χ0v) is 16.5. The number of nitrogens with one attached hydrogen (secondary N) is 1. The Morgan fingerprint density at radius 3 is 2.42 bits per heavy atom. The first-order valence-corrected chi connectivity index (χ1v) is 9.07. The van der Waals surface area contributed by atoms with E-state index in [2.05, 4.69) is 32.2 Å². The van der Waals surface area contributed by atoms with Crippen molar-refractivity contribution in [2.45, 2.75) is 39.2 Å². The highest BCUT2D eigenvalue weighted by atomic mass is 35.5. The number of ether oxygens (including phenoxy) is 2. The zero-order chi connectivity index (χ0) is 19.2. The SMILES string of the molecule is CC(Oc1ccc(Cl)cc1)C(=O)NCCOc1ccccc1C(C)(C)C. The first-order chi connectivity index (χ1) is 12.3. The number of rotatable bonds is 7. The average Bonchev–Trinajstić information content (AvgIpc) is 2.60. The van der Waals surface area contributed by atoms with E-state index in [4.69, 9.17) is 21.1 Å². The molecular formula is C21H26ClNO3. The first kappa shape index (κ1) is 20.1. The molecule has 1 amide bonds. The number of para-hydroxylation sites is 1. The molecule has 0 aliphatic carbocycles. The summed E-state index contributed by atoms with van der Waals surface area (Å²) >= 11 is 5.84. The van der Waals surface area contributed by atoms with Crippen LogP contribution in [-0.2, 0) is 10.2 Å². The van der Waals surface area contributed by atoms with Crippen LogP contribution in [0.5, 0.6) is 11.5 Å². The number of carbonyl (C=O) groups excluding carboxylic acids is 1. The second kappa shape index (κ2) is 8.95. The summed E-state index contributed by atoms with van der Waals surface area (Å²) in [6, 6.07) is 14.9. The third-order valence-corrected chi connectivity index (χ3v) is 4.10. The summed E-state index contributed by atoms with van der Waals surface area (Å²) in [5, 5.41) is 3.45. The van der Waals surface area contributed by atoms with Gasteiger partial charge in [0, 0.05) is 5.02 Å². The van der Waals surface area contributed by atoms with E-state index in [0.717, 1.165) is 11.3 Å². The fourth-order valence-electron chi connectivity index (χ4n) is 2.46. The van der Waals surface area contributed by atoms with E-state index in [9.17, 15) is 4.79 Å². The summed E-state index contributed by atoms with van der Waals surface area (Å²) in [6.45, 7) is 8.95. The van der Waals surface area contributed by atoms with E-state index in [0.29, 0.717) is 23.9 Å². The summed E-state index contributed by atoms with van der Waals surface area (Å²) in [6.07, 6.45) is -0.599. The molecule has 2 rings (SSSR count). The van der Waals surface area contributed by atoms with Gasteiger partial charge in [-0.15, -0.1) is 0 Å². The number of halogens is 1. The van der Waals surface area contributed by atoms with Crippen LogP contribution in [0.1, 0.15) is 33.3 Å². The minimum atomic E-state index is -0.599. The van der Waals surface area contributed by atoms with Crippen molar-refractivity contribution in [3.63, 3.8) is 0 Å². The lowest BCUT2D eigenvalue weighted by Gasteiger charge is -2.22. The van der Waals surface area contributed by atoms with Crippen molar-refractivity contribution in [1.82, 2.24) is 5.32 Å². The van der Waals surface area contributed by atoms with Gasteiger partial charge in [0.05, 0.1) is 6.54 Å². The van der Waals surface area contributed by atoms with Crippen molar-refractivity contribution in [3.05, 3.63) is 59.1 Å². The maximum atomic E-state index is 12.1. The van der Waals surface area contributed by atoms with E-state index in [1.165, 1.54) is 0 Å². The van der Waals surface area contributed by atoms with Crippen molar-refractivity contribution >= 4 is 17.5 Å². The molecule has 0 spiro atoms. The van der Waals surface area contributed by atoms with Crippen LogP contribution in [0, 0.1) is 0 Å². The van der Waals surface area contributed by atoms with E-state index in [1.807, 2.05) is 18.2 Å². The molecule has 140 valence electrons. The Kier molecular flexibility index (Phi) is 6.92. The number of hydrogen-bond donors (Lipinski definition) is 1. The van der Waals surface area contributed by atoms with Gasteiger partial charge in [-0.1, -0.05) is 50.6 Å². The molecule has 0 aliphatic heterocycles. The van der Waals surface area contributed by atoms with Gasteiger partial charge in [0.2, 0.25) is 0 Å². The van der Waals surface area contributed by atoms with Gasteiger partial charge in [-0.25, -0.2) is 0 Å². The molecule has 0 bridgehead atoms. The van der Waals surface area contributed by atoms with Crippen LogP contribution in [0.3, 0.4) is 0 Å². The Balaban J connectivity index is 1.79. The zero-order valence-electron chi connectivity index (χ0n) is 15.7. The lowest BCUT2D eigenvalue weighted by Crippen LogP contribution is -2.38. The fourth-order valence-corrected chi connectivity index (χ4v) is 2.59. The molecule has 0 fully saturated rings. The highest BCUT2D eigenvalue weighted by molar-refractivity contribution is 6.30. The molecule has 26 heavy (non-hydrogen) atoms. The highest BCUT2D eigenvalue weighted by Gasteiger charge is 2.18. The minimum Gasteiger partial charge on any atom is -0.491 e. The van der Waals surface area contributed by atoms with E-state index >= 15 is 0 Å². The monoisotopic (exact) mass is 375 g/mol. The van der Waals surface area contributed by atoms with Crippen molar-refractivity contribution < 1.29 is 14.3 Å². The molecule has 4 nitrogen and oxygen atoms in total. The maximum absolute atomic E-state index is 12.1. The molecule has 0 saturated heterocycles. The second-order valence-corrected chi connectivity index (χ2v) is 7.54. The van der Waals surface area contributed by atoms with Gasteiger partial charge >= 0.3 is 0 Å². The molecule has 5 heteroatoms. The van der Waals surface area contributed by atoms with Crippen LogP contribution in [0.2, 0.25) is 5.02 Å². The van der Waals surface area contributed by atoms with Gasteiger partial charge in [-0.3, -0.25) is 4.79 Å². The summed E-state index contributed by atoms with van der Waals surface area (Å²) < 4.78 is 11.5. The number of carbonyl (C=O) groups is 1. The Morgan fingerprint density at radius 1 is 1.12 bits per heavy atom. The fraction of sp³-hybridized carbons (Fsp3) is 0.381. The quantitative estimate of drug-likeness (QED) is 0.719. The smallest absolute Gasteiger partial charge is 0.260 e. The van der Waals surface area contributed by atoms with Gasteiger partial charge in [0.1, 0.15) is 18.1 Å². The number of benzene rings is 2. The first-order valence-electron chi connectivity index (χ1n) is 8.69. The molecule has 0 radical (unpaired) electrons. The summed E-state index contributed by atoms with van der Waals surface area (Å²) in [4.78, 5) is 12.1. The van der Waals surface area contributed by atoms with Gasteiger partial charge in [-0.2, -0.15) is 0 Å². The van der Waals surface area contributed by atoms with E-state index in [-0.39, 0.29) is 11.3 Å². The third kappa shape index (κ3) is 5.95. The third-order valence-electron chi connectivity index (χ3n) is 3.85. The van der Waals surface area contributed by atoms with Crippen LogP contribution < -0.4 is 14.8 Å². The van der Waals surface area contributed by atoms with Gasteiger partial charge in [-0.05, 0) is 48.2 Å². The topological polar surface area (TPSA) is 47.6 Å². The molecule has 1 atom stereocenters. The van der Waals surface area contributed by atoms with Gasteiger partial charge < -0.3 is 14.8 Å². The Bertz CT molecular complexity index is 723. The lowest BCUT2D eigenvalue weighted by atomic mass is 9.86. The van der Waals surface area contributed by atoms with Crippen molar-refractivity contribution in [2.24, 2.45) is 0 Å². The predicted octanol–water partition coefficient (Wildman–Crippen LogP) is 4.60. The van der Waals surface area contributed by atoms with Gasteiger partial charge in [0.25, 0.3) is 5.91 Å². The standard InChI is InChI=1S/C21H26ClNO3/c1-15(26-17-11-9-16(22)10-12-17)20(24)23-13-14-25-19-8-6-5-7-18(19)21(2,3)4/h5-12,15H,13-14H2,1-4H3,(H,23,24). The molecule has 0 saturated carbocycles. The Morgan fingerprint density at radius 2 is 1.77 bits per heavy atom. The molecule has 1 unspecified atom stereocenters. The molecule has 2 aromatic rings. The van der Waals surface area contributed by atoms with Crippen molar-refractivity contribution in [2.75, 3.05) is 13.2 Å². The van der Waals surface area contributed by atoms with Crippen LogP contribution in [0.15, 0.2) is 48.5 Å². The highest BCUT2D eigenvalue weighted by Crippen LogP contribution is 2.30. The normalized spacial score (nSPS) is 12.3. The van der Waals surface area contributed by atoms with E-state index < -0.39 is 6.10 Å². The van der Waals surface area contributed by atoms with Gasteiger partial charge in [0.15, 0.2) is 6.10 Å².